The molecule has 0 unspecified atom stereocenters. The Labute approximate surface area is 135 Å². The molecule has 1 fully saturated rings. The zero-order valence-corrected chi connectivity index (χ0v) is 13.2. The summed E-state index contributed by atoms with van der Waals surface area (Å²) in [5, 5.41) is 3.35. The van der Waals surface area contributed by atoms with Crippen LogP contribution in [-0.2, 0) is 0 Å². The number of rotatable bonds is 3. The van der Waals surface area contributed by atoms with Crippen molar-refractivity contribution in [1.82, 2.24) is 9.97 Å². The summed E-state index contributed by atoms with van der Waals surface area (Å²) in [4.78, 5) is 11.5. The number of nitrogens with zero attached hydrogens (tertiary/aromatic N) is 3. The van der Waals surface area contributed by atoms with Crippen LogP contribution in [0, 0.1) is 6.92 Å². The topological polar surface area (TPSA) is 59.5 Å². The van der Waals surface area contributed by atoms with Crippen molar-refractivity contribution in [3.63, 3.8) is 0 Å². The molecule has 0 atom stereocenters. The smallest absolute Gasteiger partial charge is 0.227 e. The first kappa shape index (κ1) is 14.1. The van der Waals surface area contributed by atoms with Crippen molar-refractivity contribution in [3.8, 4) is 11.5 Å². The van der Waals surface area contributed by atoms with Gasteiger partial charge in [0.1, 0.15) is 19.0 Å². The molecule has 6 heteroatoms. The van der Waals surface area contributed by atoms with Crippen LogP contribution < -0.4 is 19.7 Å². The van der Waals surface area contributed by atoms with Crippen LogP contribution in [0.4, 0.5) is 17.5 Å². The van der Waals surface area contributed by atoms with Gasteiger partial charge in [0, 0.05) is 36.6 Å². The van der Waals surface area contributed by atoms with Crippen molar-refractivity contribution in [1.29, 1.82) is 0 Å². The Hall–Kier alpha value is -2.50. The van der Waals surface area contributed by atoms with Crippen LogP contribution in [0.3, 0.4) is 0 Å². The highest BCUT2D eigenvalue weighted by atomic mass is 16.6. The molecule has 2 aromatic rings. The van der Waals surface area contributed by atoms with Gasteiger partial charge >= 0.3 is 0 Å². The second-order valence-corrected chi connectivity index (χ2v) is 5.87. The number of anilines is 3. The van der Waals surface area contributed by atoms with Gasteiger partial charge in [0.2, 0.25) is 5.95 Å². The van der Waals surface area contributed by atoms with Crippen molar-refractivity contribution >= 4 is 17.5 Å². The maximum atomic E-state index is 5.62. The molecule has 0 spiro atoms. The number of fused-ring (bicyclic) bond motifs is 1. The van der Waals surface area contributed by atoms with Gasteiger partial charge in [-0.05, 0) is 31.9 Å². The molecule has 120 valence electrons. The van der Waals surface area contributed by atoms with E-state index in [9.17, 15) is 0 Å². The Morgan fingerprint density at radius 3 is 2.61 bits per heavy atom. The molecular weight excluding hydrogens is 292 g/mol. The first-order chi connectivity index (χ1) is 11.3. The van der Waals surface area contributed by atoms with E-state index >= 15 is 0 Å². The minimum Gasteiger partial charge on any atom is -0.486 e. The molecule has 1 aromatic heterocycles. The van der Waals surface area contributed by atoms with Crippen LogP contribution in [0.1, 0.15) is 18.5 Å². The molecule has 0 bridgehead atoms. The Bertz CT molecular complexity index is 714. The van der Waals surface area contributed by atoms with E-state index in [1.165, 1.54) is 12.8 Å². The fraction of sp³-hybridized carbons (Fsp3) is 0.412. The van der Waals surface area contributed by atoms with E-state index in [1.54, 1.807) is 0 Å². The zero-order valence-electron chi connectivity index (χ0n) is 13.2. The average molecular weight is 312 g/mol. The summed E-state index contributed by atoms with van der Waals surface area (Å²) in [5.41, 5.74) is 1.89. The highest BCUT2D eigenvalue weighted by Crippen LogP contribution is 2.33. The molecule has 1 saturated heterocycles. The third-order valence-corrected chi connectivity index (χ3v) is 4.05. The van der Waals surface area contributed by atoms with E-state index in [0.717, 1.165) is 47.7 Å². The SMILES string of the molecule is Cc1cc(Nc2ccc3c(c2)OCCO3)nc(N2CCCC2)n1. The third-order valence-electron chi connectivity index (χ3n) is 4.05. The summed E-state index contributed by atoms with van der Waals surface area (Å²) in [7, 11) is 0. The van der Waals surface area contributed by atoms with Crippen molar-refractivity contribution in [3.05, 3.63) is 30.0 Å². The molecule has 1 N–H and O–H groups in total. The summed E-state index contributed by atoms with van der Waals surface area (Å²) < 4.78 is 11.2. The molecule has 2 aliphatic rings. The van der Waals surface area contributed by atoms with Crippen LogP contribution in [0.25, 0.3) is 0 Å². The van der Waals surface area contributed by atoms with Gasteiger partial charge in [-0.3, -0.25) is 0 Å². The van der Waals surface area contributed by atoms with Crippen LogP contribution in [0.2, 0.25) is 0 Å². The minimum atomic E-state index is 0.585. The van der Waals surface area contributed by atoms with Gasteiger partial charge in [0.05, 0.1) is 0 Å². The monoisotopic (exact) mass is 312 g/mol. The lowest BCUT2D eigenvalue weighted by molar-refractivity contribution is 0.171. The fourth-order valence-corrected chi connectivity index (χ4v) is 2.94. The Morgan fingerprint density at radius 2 is 1.78 bits per heavy atom. The predicted octanol–water partition coefficient (Wildman–Crippen LogP) is 2.90. The highest BCUT2D eigenvalue weighted by molar-refractivity contribution is 5.62. The van der Waals surface area contributed by atoms with Crippen molar-refractivity contribution < 1.29 is 9.47 Å². The van der Waals surface area contributed by atoms with Gasteiger partial charge in [-0.15, -0.1) is 0 Å². The fourth-order valence-electron chi connectivity index (χ4n) is 2.94. The molecule has 1 aromatic carbocycles. The molecular formula is C17H20N4O2. The molecule has 2 aliphatic heterocycles. The van der Waals surface area contributed by atoms with Crippen LogP contribution in [-0.4, -0.2) is 36.3 Å². The summed E-state index contributed by atoms with van der Waals surface area (Å²) in [5.74, 6) is 3.17. The molecule has 23 heavy (non-hydrogen) atoms. The Balaban J connectivity index is 1.58. The van der Waals surface area contributed by atoms with E-state index in [2.05, 4.69) is 20.2 Å². The molecule has 6 nitrogen and oxygen atoms in total. The van der Waals surface area contributed by atoms with E-state index < -0.39 is 0 Å². The lowest BCUT2D eigenvalue weighted by Crippen LogP contribution is -2.21. The predicted molar refractivity (Wildman–Crippen MR) is 88.9 cm³/mol. The molecule has 0 amide bonds. The maximum Gasteiger partial charge on any atom is 0.227 e. The highest BCUT2D eigenvalue weighted by Gasteiger charge is 2.16. The van der Waals surface area contributed by atoms with E-state index in [1.807, 2.05) is 31.2 Å². The minimum absolute atomic E-state index is 0.585. The number of aromatic nitrogens is 2. The van der Waals surface area contributed by atoms with Crippen molar-refractivity contribution in [2.24, 2.45) is 0 Å². The lowest BCUT2D eigenvalue weighted by atomic mass is 10.2. The molecule has 0 saturated carbocycles. The largest absolute Gasteiger partial charge is 0.486 e. The zero-order chi connectivity index (χ0) is 15.6. The number of aryl methyl sites for hydroxylation is 1. The number of ether oxygens (including phenoxy) is 2. The Morgan fingerprint density at radius 1 is 1.00 bits per heavy atom. The number of hydrogen-bond acceptors (Lipinski definition) is 6. The van der Waals surface area contributed by atoms with Crippen LogP contribution in [0.15, 0.2) is 24.3 Å². The summed E-state index contributed by atoms with van der Waals surface area (Å²) in [6.45, 7) is 5.25. The first-order valence-corrected chi connectivity index (χ1v) is 8.05. The number of hydrogen-bond donors (Lipinski definition) is 1. The Kier molecular flexibility index (Phi) is 3.65. The molecule has 0 radical (unpaired) electrons. The normalized spacial score (nSPS) is 16.5. The third kappa shape index (κ3) is 3.02. The van der Waals surface area contributed by atoms with Gasteiger partial charge in [-0.25, -0.2) is 4.98 Å². The van der Waals surface area contributed by atoms with Crippen molar-refractivity contribution in [2.75, 3.05) is 36.5 Å². The average Bonchev–Trinajstić information content (AvgIpc) is 3.09. The van der Waals surface area contributed by atoms with E-state index in [4.69, 9.17) is 9.47 Å². The molecule has 3 heterocycles. The lowest BCUT2D eigenvalue weighted by Gasteiger charge is -2.20. The number of benzene rings is 1. The van der Waals surface area contributed by atoms with Gasteiger partial charge in [-0.2, -0.15) is 4.98 Å². The van der Waals surface area contributed by atoms with Crippen LogP contribution in [0.5, 0.6) is 11.5 Å². The molecule has 0 aliphatic carbocycles. The van der Waals surface area contributed by atoms with E-state index in [-0.39, 0.29) is 0 Å². The van der Waals surface area contributed by atoms with Crippen LogP contribution >= 0.6 is 0 Å². The van der Waals surface area contributed by atoms with Crippen molar-refractivity contribution in [2.45, 2.75) is 19.8 Å². The summed E-state index contributed by atoms with van der Waals surface area (Å²) in [6, 6.07) is 7.80. The van der Waals surface area contributed by atoms with Gasteiger partial charge in [0.25, 0.3) is 0 Å². The van der Waals surface area contributed by atoms with E-state index in [0.29, 0.717) is 13.2 Å². The quantitative estimate of drug-likeness (QED) is 0.940. The summed E-state index contributed by atoms with van der Waals surface area (Å²) in [6.07, 6.45) is 2.42. The second-order valence-electron chi connectivity index (χ2n) is 5.87. The maximum absolute atomic E-state index is 5.62. The summed E-state index contributed by atoms with van der Waals surface area (Å²) >= 11 is 0. The van der Waals surface area contributed by atoms with Gasteiger partial charge in [0.15, 0.2) is 11.5 Å². The van der Waals surface area contributed by atoms with Gasteiger partial charge in [-0.1, -0.05) is 0 Å². The first-order valence-electron chi connectivity index (χ1n) is 8.05. The standard InChI is InChI=1S/C17H20N4O2/c1-12-10-16(20-17(18-12)21-6-2-3-7-21)19-13-4-5-14-15(11-13)23-9-8-22-14/h4-5,10-11H,2-3,6-9H2,1H3,(H,18,19,20). The second kappa shape index (κ2) is 5.95. The van der Waals surface area contributed by atoms with Gasteiger partial charge < -0.3 is 19.7 Å². The molecule has 4 rings (SSSR count). The number of nitrogens with one attached hydrogen (secondary N) is 1.